The smallest absolute Gasteiger partial charge is 0.256 e. The number of carbonyl (C=O) groups is 1. The fraction of sp³-hybridized carbons (Fsp3) is 0.348. The molecule has 0 aliphatic rings. The summed E-state index contributed by atoms with van der Waals surface area (Å²) in [5.41, 5.74) is 3.50. The first-order valence-electron chi connectivity index (χ1n) is 10.1. The average molecular weight is 425 g/mol. The molecule has 2 aromatic heterocycles. The second-order valence-electron chi connectivity index (χ2n) is 6.91. The van der Waals surface area contributed by atoms with E-state index in [-0.39, 0.29) is 5.91 Å². The third-order valence-corrected chi connectivity index (χ3v) is 5.75. The molecule has 0 saturated heterocycles. The van der Waals surface area contributed by atoms with Gasteiger partial charge in [-0.25, -0.2) is 9.97 Å². The topological polar surface area (TPSA) is 71.3 Å². The molecular weight excluding hydrogens is 396 g/mol. The van der Waals surface area contributed by atoms with Gasteiger partial charge in [0.15, 0.2) is 11.6 Å². The Kier molecular flexibility index (Phi) is 7.65. The van der Waals surface area contributed by atoms with Crippen molar-refractivity contribution in [3.05, 3.63) is 65.0 Å². The summed E-state index contributed by atoms with van der Waals surface area (Å²) in [5.74, 6) is 0.911. The van der Waals surface area contributed by atoms with Crippen LogP contribution < -0.4 is 5.32 Å². The van der Waals surface area contributed by atoms with E-state index in [0.717, 1.165) is 25.2 Å². The van der Waals surface area contributed by atoms with Gasteiger partial charge < -0.3 is 9.73 Å². The molecule has 0 spiro atoms. The molecule has 0 saturated carbocycles. The zero-order valence-electron chi connectivity index (χ0n) is 17.9. The van der Waals surface area contributed by atoms with E-state index in [1.165, 1.54) is 17.3 Å². The molecule has 0 radical (unpaired) electrons. The first-order chi connectivity index (χ1) is 14.6. The molecule has 0 bridgehead atoms. The summed E-state index contributed by atoms with van der Waals surface area (Å²) in [6.45, 7) is 9.47. The Hall–Kier alpha value is -2.64. The second-order valence-corrected chi connectivity index (χ2v) is 7.70. The van der Waals surface area contributed by atoms with Crippen molar-refractivity contribution in [1.29, 1.82) is 0 Å². The van der Waals surface area contributed by atoms with Crippen LogP contribution in [0.2, 0.25) is 0 Å². The monoisotopic (exact) mass is 424 g/mol. The van der Waals surface area contributed by atoms with Crippen molar-refractivity contribution in [1.82, 2.24) is 20.2 Å². The highest BCUT2D eigenvalue weighted by Crippen LogP contribution is 2.25. The Labute approximate surface area is 182 Å². The molecule has 0 fully saturated rings. The normalized spacial score (nSPS) is 11.1. The standard InChI is InChI=1S/C23H28N4O2S/c1-5-27(6-2)15-18-11-8-7-10-17(18)14-24-22(28)20-16(3)25-21(26-23(20)30-4)19-12-9-13-29-19/h7-13H,5-6,14-15H2,1-4H3,(H,24,28). The molecule has 7 heteroatoms. The highest BCUT2D eigenvalue weighted by Gasteiger charge is 2.20. The largest absolute Gasteiger partial charge is 0.461 e. The van der Waals surface area contributed by atoms with E-state index in [1.807, 2.05) is 31.4 Å². The van der Waals surface area contributed by atoms with Crippen molar-refractivity contribution >= 4 is 17.7 Å². The van der Waals surface area contributed by atoms with Crippen molar-refractivity contribution < 1.29 is 9.21 Å². The lowest BCUT2D eigenvalue weighted by Crippen LogP contribution is -2.27. The van der Waals surface area contributed by atoms with Crippen molar-refractivity contribution in [2.45, 2.75) is 38.9 Å². The predicted octanol–water partition coefficient (Wildman–Crippen LogP) is 4.54. The number of thioether (sulfide) groups is 1. The molecule has 1 aromatic carbocycles. The second kappa shape index (κ2) is 10.4. The highest BCUT2D eigenvalue weighted by molar-refractivity contribution is 7.98. The van der Waals surface area contributed by atoms with E-state index in [9.17, 15) is 4.79 Å². The van der Waals surface area contributed by atoms with Crippen molar-refractivity contribution in [2.24, 2.45) is 0 Å². The summed E-state index contributed by atoms with van der Waals surface area (Å²) in [6, 6.07) is 11.8. The Morgan fingerprint density at radius 3 is 2.47 bits per heavy atom. The maximum Gasteiger partial charge on any atom is 0.256 e. The molecular formula is C23H28N4O2S. The zero-order valence-corrected chi connectivity index (χ0v) is 18.8. The zero-order chi connectivity index (χ0) is 21.5. The number of aryl methyl sites for hydroxylation is 1. The van der Waals surface area contributed by atoms with Gasteiger partial charge in [-0.1, -0.05) is 38.1 Å². The molecule has 0 aliphatic carbocycles. The van der Waals surface area contributed by atoms with E-state index < -0.39 is 0 Å². The number of aromatic nitrogens is 2. The maximum atomic E-state index is 13.0. The maximum absolute atomic E-state index is 13.0. The van der Waals surface area contributed by atoms with Crippen LogP contribution in [0.5, 0.6) is 0 Å². The van der Waals surface area contributed by atoms with Gasteiger partial charge in [0.25, 0.3) is 5.91 Å². The van der Waals surface area contributed by atoms with Gasteiger partial charge in [0.2, 0.25) is 0 Å². The summed E-state index contributed by atoms with van der Waals surface area (Å²) in [5, 5.41) is 3.70. The summed E-state index contributed by atoms with van der Waals surface area (Å²) in [6.07, 6.45) is 3.49. The van der Waals surface area contributed by atoms with Crippen LogP contribution in [0.3, 0.4) is 0 Å². The Bertz CT molecular complexity index is 985. The number of hydrogen-bond donors (Lipinski definition) is 1. The molecule has 3 aromatic rings. The fourth-order valence-electron chi connectivity index (χ4n) is 3.31. The van der Waals surface area contributed by atoms with Crippen molar-refractivity contribution in [3.63, 3.8) is 0 Å². The number of hydrogen-bond acceptors (Lipinski definition) is 6. The van der Waals surface area contributed by atoms with Gasteiger partial charge in [-0.3, -0.25) is 9.69 Å². The summed E-state index contributed by atoms with van der Waals surface area (Å²) in [4.78, 5) is 24.4. The lowest BCUT2D eigenvalue weighted by molar-refractivity contribution is 0.0946. The van der Waals surface area contributed by atoms with E-state index in [1.54, 1.807) is 12.3 Å². The van der Waals surface area contributed by atoms with Gasteiger partial charge in [0.05, 0.1) is 17.5 Å². The number of rotatable bonds is 9. The van der Waals surface area contributed by atoms with Crippen LogP contribution in [0.25, 0.3) is 11.6 Å². The van der Waals surface area contributed by atoms with E-state index >= 15 is 0 Å². The fourth-order valence-corrected chi connectivity index (χ4v) is 3.93. The molecule has 3 rings (SSSR count). The number of carbonyl (C=O) groups excluding carboxylic acids is 1. The third kappa shape index (κ3) is 5.09. The predicted molar refractivity (Wildman–Crippen MR) is 120 cm³/mol. The number of benzene rings is 1. The molecule has 30 heavy (non-hydrogen) atoms. The first kappa shape index (κ1) is 22.1. The molecule has 6 nitrogen and oxygen atoms in total. The van der Waals surface area contributed by atoms with Gasteiger partial charge in [-0.05, 0) is 49.5 Å². The lowest BCUT2D eigenvalue weighted by atomic mass is 10.1. The number of nitrogens with one attached hydrogen (secondary N) is 1. The van der Waals surface area contributed by atoms with Gasteiger partial charge >= 0.3 is 0 Å². The van der Waals surface area contributed by atoms with Crippen molar-refractivity contribution in [3.8, 4) is 11.6 Å². The Morgan fingerprint density at radius 2 is 1.83 bits per heavy atom. The van der Waals surface area contributed by atoms with Crippen LogP contribution >= 0.6 is 11.8 Å². The lowest BCUT2D eigenvalue weighted by Gasteiger charge is -2.20. The van der Waals surface area contributed by atoms with Gasteiger partial charge in [-0.2, -0.15) is 0 Å². The Balaban J connectivity index is 1.79. The molecule has 0 atom stereocenters. The van der Waals surface area contributed by atoms with Gasteiger partial charge in [0, 0.05) is 13.1 Å². The molecule has 0 aliphatic heterocycles. The minimum atomic E-state index is -0.166. The molecule has 1 amide bonds. The van der Waals surface area contributed by atoms with Crippen LogP contribution in [-0.4, -0.2) is 40.1 Å². The summed E-state index contributed by atoms with van der Waals surface area (Å²) in [7, 11) is 0. The van der Waals surface area contributed by atoms with Crippen LogP contribution in [0.15, 0.2) is 52.1 Å². The molecule has 158 valence electrons. The van der Waals surface area contributed by atoms with Crippen molar-refractivity contribution in [2.75, 3.05) is 19.3 Å². The van der Waals surface area contributed by atoms with Gasteiger partial charge in [-0.15, -0.1) is 11.8 Å². The first-order valence-corrected chi connectivity index (χ1v) is 11.3. The highest BCUT2D eigenvalue weighted by atomic mass is 32.2. The van der Waals surface area contributed by atoms with Crippen LogP contribution in [0, 0.1) is 6.92 Å². The minimum absolute atomic E-state index is 0.166. The van der Waals surface area contributed by atoms with E-state index in [4.69, 9.17) is 4.42 Å². The Morgan fingerprint density at radius 1 is 1.10 bits per heavy atom. The number of furan rings is 1. The third-order valence-electron chi connectivity index (χ3n) is 5.06. The van der Waals surface area contributed by atoms with Crippen LogP contribution in [0.4, 0.5) is 0 Å². The van der Waals surface area contributed by atoms with Crippen LogP contribution in [-0.2, 0) is 13.1 Å². The summed E-state index contributed by atoms with van der Waals surface area (Å²) >= 11 is 1.43. The quantitative estimate of drug-likeness (QED) is 0.402. The molecule has 2 heterocycles. The number of nitrogens with zero attached hydrogens (tertiary/aromatic N) is 3. The molecule has 1 N–H and O–H groups in total. The van der Waals surface area contributed by atoms with Gasteiger partial charge in [0.1, 0.15) is 5.03 Å². The number of amides is 1. The van der Waals surface area contributed by atoms with E-state index in [0.29, 0.717) is 34.4 Å². The summed E-state index contributed by atoms with van der Waals surface area (Å²) < 4.78 is 5.40. The molecule has 0 unspecified atom stereocenters. The average Bonchev–Trinajstić information content (AvgIpc) is 3.30. The van der Waals surface area contributed by atoms with Crippen LogP contribution in [0.1, 0.15) is 41.0 Å². The minimum Gasteiger partial charge on any atom is -0.461 e. The van der Waals surface area contributed by atoms with E-state index in [2.05, 4.69) is 46.2 Å². The SMILES string of the molecule is CCN(CC)Cc1ccccc1CNC(=O)c1c(C)nc(-c2ccco2)nc1SC.